The van der Waals surface area contributed by atoms with Gasteiger partial charge in [-0.3, -0.25) is 0 Å². The zero-order valence-corrected chi connectivity index (χ0v) is 10.8. The first-order valence-corrected chi connectivity index (χ1v) is 6.64. The van der Waals surface area contributed by atoms with E-state index in [9.17, 15) is 0 Å². The summed E-state index contributed by atoms with van der Waals surface area (Å²) < 4.78 is 0. The van der Waals surface area contributed by atoms with Crippen LogP contribution in [0.25, 0.3) is 0 Å². The lowest BCUT2D eigenvalue weighted by molar-refractivity contribution is 0.637. The molecule has 0 amide bonds. The summed E-state index contributed by atoms with van der Waals surface area (Å²) in [5.74, 6) is 0.747. The van der Waals surface area contributed by atoms with Gasteiger partial charge in [0.1, 0.15) is 6.04 Å². The molecule has 86 valence electrons. The van der Waals surface area contributed by atoms with Gasteiger partial charge >= 0.3 is 0 Å². The van der Waals surface area contributed by atoms with Crippen molar-refractivity contribution >= 4 is 23.4 Å². The SMILES string of the molecule is CCCNC(C#N)CSc1cccc(Cl)c1. The van der Waals surface area contributed by atoms with Gasteiger partial charge in [-0.2, -0.15) is 5.26 Å². The normalized spacial score (nSPS) is 12.1. The lowest BCUT2D eigenvalue weighted by Gasteiger charge is -2.10. The molecule has 0 radical (unpaired) electrons. The van der Waals surface area contributed by atoms with Crippen LogP contribution in [0.5, 0.6) is 0 Å². The Morgan fingerprint density at radius 1 is 1.56 bits per heavy atom. The highest BCUT2D eigenvalue weighted by molar-refractivity contribution is 7.99. The summed E-state index contributed by atoms with van der Waals surface area (Å²) in [5, 5.41) is 12.9. The summed E-state index contributed by atoms with van der Waals surface area (Å²) in [6, 6.07) is 9.86. The third-order valence-electron chi connectivity index (χ3n) is 2.01. The predicted molar refractivity (Wildman–Crippen MR) is 69.9 cm³/mol. The van der Waals surface area contributed by atoms with Crippen LogP contribution in [-0.4, -0.2) is 18.3 Å². The molecule has 4 heteroatoms. The molecule has 0 heterocycles. The highest BCUT2D eigenvalue weighted by Crippen LogP contribution is 2.21. The van der Waals surface area contributed by atoms with Crippen molar-refractivity contribution in [3.63, 3.8) is 0 Å². The van der Waals surface area contributed by atoms with Crippen LogP contribution in [0.15, 0.2) is 29.2 Å². The number of nitrogens with zero attached hydrogens (tertiary/aromatic N) is 1. The van der Waals surface area contributed by atoms with Crippen molar-refractivity contribution in [1.29, 1.82) is 5.26 Å². The molecule has 1 N–H and O–H groups in total. The molecule has 0 aliphatic carbocycles. The zero-order chi connectivity index (χ0) is 11.8. The Balaban J connectivity index is 2.41. The summed E-state index contributed by atoms with van der Waals surface area (Å²) in [6.07, 6.45) is 1.04. The molecule has 1 aromatic carbocycles. The van der Waals surface area contributed by atoms with Crippen molar-refractivity contribution in [2.45, 2.75) is 24.3 Å². The van der Waals surface area contributed by atoms with Gasteiger partial charge in [0.2, 0.25) is 0 Å². The van der Waals surface area contributed by atoms with Crippen LogP contribution >= 0.6 is 23.4 Å². The van der Waals surface area contributed by atoms with Crippen LogP contribution in [-0.2, 0) is 0 Å². The molecule has 0 aliphatic rings. The molecule has 1 unspecified atom stereocenters. The van der Waals surface area contributed by atoms with Crippen molar-refractivity contribution in [2.75, 3.05) is 12.3 Å². The standard InChI is InChI=1S/C12H15ClN2S/c1-2-6-15-11(8-14)9-16-12-5-3-4-10(13)7-12/h3-5,7,11,15H,2,6,9H2,1H3. The fraction of sp³-hybridized carbons (Fsp3) is 0.417. The Bertz CT molecular complexity index is 362. The predicted octanol–water partition coefficient (Wildman–Crippen LogP) is 3.32. The zero-order valence-electron chi connectivity index (χ0n) is 9.24. The summed E-state index contributed by atoms with van der Waals surface area (Å²) in [5.41, 5.74) is 0. The maximum Gasteiger partial charge on any atom is 0.105 e. The van der Waals surface area contributed by atoms with Gasteiger partial charge in [-0.05, 0) is 31.2 Å². The first-order chi connectivity index (χ1) is 7.76. The average molecular weight is 255 g/mol. The summed E-state index contributed by atoms with van der Waals surface area (Å²) in [6.45, 7) is 2.97. The second kappa shape index (κ2) is 7.56. The number of nitriles is 1. The molecular formula is C12H15ClN2S. The fourth-order valence-corrected chi connectivity index (χ4v) is 2.39. The van der Waals surface area contributed by atoms with Gasteiger partial charge < -0.3 is 5.32 Å². The molecule has 0 aliphatic heterocycles. The third-order valence-corrected chi connectivity index (χ3v) is 3.33. The van der Waals surface area contributed by atoms with E-state index in [1.54, 1.807) is 11.8 Å². The van der Waals surface area contributed by atoms with E-state index in [1.807, 2.05) is 24.3 Å². The summed E-state index contributed by atoms with van der Waals surface area (Å²) in [7, 11) is 0. The first-order valence-electron chi connectivity index (χ1n) is 5.27. The van der Waals surface area contributed by atoms with Crippen LogP contribution in [0.1, 0.15) is 13.3 Å². The topological polar surface area (TPSA) is 35.8 Å². The number of rotatable bonds is 6. The average Bonchev–Trinajstić information content (AvgIpc) is 2.29. The summed E-state index contributed by atoms with van der Waals surface area (Å²) in [4.78, 5) is 1.10. The van der Waals surface area contributed by atoms with Crippen LogP contribution in [0.2, 0.25) is 5.02 Å². The van der Waals surface area contributed by atoms with Crippen molar-refractivity contribution in [3.05, 3.63) is 29.3 Å². The van der Waals surface area contributed by atoms with Crippen LogP contribution in [0, 0.1) is 11.3 Å². The van der Waals surface area contributed by atoms with Crippen LogP contribution in [0.3, 0.4) is 0 Å². The second-order valence-electron chi connectivity index (χ2n) is 3.40. The van der Waals surface area contributed by atoms with Gasteiger partial charge in [-0.25, -0.2) is 0 Å². The Morgan fingerprint density at radius 2 is 2.38 bits per heavy atom. The monoisotopic (exact) mass is 254 g/mol. The van der Waals surface area contributed by atoms with Gasteiger partial charge in [0.25, 0.3) is 0 Å². The number of hydrogen-bond acceptors (Lipinski definition) is 3. The Kier molecular flexibility index (Phi) is 6.32. The molecule has 1 aromatic rings. The van der Waals surface area contributed by atoms with Gasteiger partial charge in [-0.1, -0.05) is 24.6 Å². The quantitative estimate of drug-likeness (QED) is 0.791. The molecular weight excluding hydrogens is 240 g/mol. The molecule has 0 fully saturated rings. The van der Waals surface area contributed by atoms with Crippen molar-refractivity contribution in [2.24, 2.45) is 0 Å². The summed E-state index contributed by atoms with van der Waals surface area (Å²) >= 11 is 7.53. The van der Waals surface area contributed by atoms with E-state index in [2.05, 4.69) is 18.3 Å². The first kappa shape index (κ1) is 13.4. The van der Waals surface area contributed by atoms with E-state index >= 15 is 0 Å². The number of benzene rings is 1. The van der Waals surface area contributed by atoms with Gasteiger partial charge in [0, 0.05) is 15.7 Å². The minimum Gasteiger partial charge on any atom is -0.301 e. The van der Waals surface area contributed by atoms with E-state index in [1.165, 1.54) is 0 Å². The van der Waals surface area contributed by atoms with E-state index in [0.717, 1.165) is 28.6 Å². The minimum atomic E-state index is -0.0936. The molecule has 1 atom stereocenters. The maximum atomic E-state index is 8.93. The maximum absolute atomic E-state index is 8.93. The lowest BCUT2D eigenvalue weighted by Crippen LogP contribution is -2.30. The Morgan fingerprint density at radius 3 is 3.00 bits per heavy atom. The molecule has 1 rings (SSSR count). The lowest BCUT2D eigenvalue weighted by atomic mass is 10.3. The molecule has 16 heavy (non-hydrogen) atoms. The molecule has 0 spiro atoms. The van der Waals surface area contributed by atoms with Gasteiger partial charge in [-0.15, -0.1) is 11.8 Å². The van der Waals surface area contributed by atoms with E-state index in [-0.39, 0.29) is 6.04 Å². The highest BCUT2D eigenvalue weighted by Gasteiger charge is 2.06. The van der Waals surface area contributed by atoms with E-state index in [4.69, 9.17) is 16.9 Å². The number of thioether (sulfide) groups is 1. The Labute approximate surface area is 106 Å². The molecule has 0 aromatic heterocycles. The smallest absolute Gasteiger partial charge is 0.105 e. The van der Waals surface area contributed by atoms with Gasteiger partial charge in [0.05, 0.1) is 6.07 Å². The highest BCUT2D eigenvalue weighted by atomic mass is 35.5. The number of nitrogens with one attached hydrogen (secondary N) is 1. The fourth-order valence-electron chi connectivity index (χ4n) is 1.20. The van der Waals surface area contributed by atoms with Crippen LogP contribution < -0.4 is 5.32 Å². The van der Waals surface area contributed by atoms with Crippen molar-refractivity contribution < 1.29 is 0 Å². The van der Waals surface area contributed by atoms with E-state index in [0.29, 0.717) is 0 Å². The van der Waals surface area contributed by atoms with E-state index < -0.39 is 0 Å². The largest absolute Gasteiger partial charge is 0.301 e. The number of halogens is 1. The van der Waals surface area contributed by atoms with Gasteiger partial charge in [0.15, 0.2) is 0 Å². The third kappa shape index (κ3) is 4.89. The Hall–Kier alpha value is -0.690. The van der Waals surface area contributed by atoms with Crippen molar-refractivity contribution in [1.82, 2.24) is 5.32 Å². The molecule has 0 saturated carbocycles. The second-order valence-corrected chi connectivity index (χ2v) is 4.93. The molecule has 0 bridgehead atoms. The minimum absolute atomic E-state index is 0.0936. The molecule has 0 saturated heterocycles. The van der Waals surface area contributed by atoms with Crippen LogP contribution in [0.4, 0.5) is 0 Å². The number of hydrogen-bond donors (Lipinski definition) is 1. The van der Waals surface area contributed by atoms with Crippen molar-refractivity contribution in [3.8, 4) is 6.07 Å². The molecule has 2 nitrogen and oxygen atoms in total.